The first-order chi connectivity index (χ1) is 9.33. The van der Waals surface area contributed by atoms with Crippen molar-refractivity contribution in [2.24, 2.45) is 18.7 Å². The zero-order valence-corrected chi connectivity index (χ0v) is 13.2. The van der Waals surface area contributed by atoms with Crippen molar-refractivity contribution in [3.63, 3.8) is 0 Å². The largest absolute Gasteiger partial charge is 0.327 e. The lowest BCUT2D eigenvalue weighted by Crippen LogP contribution is -2.41. The summed E-state index contributed by atoms with van der Waals surface area (Å²) in [5.41, 5.74) is 7.25. The molecule has 2 rings (SSSR count). The Labute approximate surface area is 120 Å². The quantitative estimate of drug-likeness (QED) is 0.862. The van der Waals surface area contributed by atoms with E-state index >= 15 is 0 Å². The highest BCUT2D eigenvalue weighted by Gasteiger charge is 2.27. The number of nitrogens with two attached hydrogens (primary N) is 1. The lowest BCUT2D eigenvalue weighted by atomic mass is 9.85. The topological polar surface area (TPSA) is 90.0 Å². The molecule has 0 spiro atoms. The molecule has 114 valence electrons. The number of sulfonamides is 1. The molecule has 20 heavy (non-hydrogen) atoms. The minimum Gasteiger partial charge on any atom is -0.327 e. The van der Waals surface area contributed by atoms with Gasteiger partial charge in [-0.05, 0) is 32.6 Å². The molecule has 0 saturated heterocycles. The summed E-state index contributed by atoms with van der Waals surface area (Å²) >= 11 is 0. The normalized spacial score (nSPS) is 24.0. The van der Waals surface area contributed by atoms with Gasteiger partial charge < -0.3 is 5.73 Å². The standard InChI is InChI=1S/C13H24N4O2S/c1-9-13(10(2)17(3)16-9)20(18,19)15-8-11-6-4-5-7-12(11)14/h11-12,15H,4-8,14H2,1-3H3. The van der Waals surface area contributed by atoms with Crippen LogP contribution in [0.3, 0.4) is 0 Å². The predicted molar refractivity (Wildman–Crippen MR) is 77.8 cm³/mol. The zero-order chi connectivity index (χ0) is 14.9. The molecule has 1 saturated carbocycles. The highest BCUT2D eigenvalue weighted by atomic mass is 32.2. The zero-order valence-electron chi connectivity index (χ0n) is 12.4. The van der Waals surface area contributed by atoms with E-state index in [1.807, 2.05) is 0 Å². The van der Waals surface area contributed by atoms with E-state index in [0.29, 0.717) is 22.8 Å². The Kier molecular flexibility index (Phi) is 4.51. The first-order valence-corrected chi connectivity index (χ1v) is 8.56. The van der Waals surface area contributed by atoms with E-state index in [1.54, 1.807) is 25.6 Å². The molecule has 7 heteroatoms. The van der Waals surface area contributed by atoms with E-state index in [4.69, 9.17) is 5.73 Å². The maximum atomic E-state index is 12.4. The average molecular weight is 300 g/mol. The van der Waals surface area contributed by atoms with Gasteiger partial charge in [-0.2, -0.15) is 5.10 Å². The van der Waals surface area contributed by atoms with Crippen LogP contribution in [0.25, 0.3) is 0 Å². The third-order valence-corrected chi connectivity index (χ3v) is 5.89. The lowest BCUT2D eigenvalue weighted by molar-refractivity contribution is 0.308. The maximum absolute atomic E-state index is 12.4. The third-order valence-electron chi connectivity index (χ3n) is 4.21. The Bertz CT molecular complexity index is 579. The number of nitrogens with zero attached hydrogens (tertiary/aromatic N) is 2. The fraction of sp³-hybridized carbons (Fsp3) is 0.769. The Balaban J connectivity index is 2.11. The molecule has 0 aliphatic heterocycles. The van der Waals surface area contributed by atoms with Crippen LogP contribution in [0.15, 0.2) is 4.90 Å². The van der Waals surface area contributed by atoms with Crippen LogP contribution in [0.5, 0.6) is 0 Å². The van der Waals surface area contributed by atoms with E-state index in [9.17, 15) is 8.42 Å². The van der Waals surface area contributed by atoms with Gasteiger partial charge in [0.05, 0.1) is 11.4 Å². The summed E-state index contributed by atoms with van der Waals surface area (Å²) in [6.45, 7) is 3.89. The van der Waals surface area contributed by atoms with Gasteiger partial charge in [0.15, 0.2) is 0 Å². The smallest absolute Gasteiger partial charge is 0.244 e. The Hall–Kier alpha value is -0.920. The Morgan fingerprint density at radius 1 is 1.35 bits per heavy atom. The third kappa shape index (κ3) is 3.05. The van der Waals surface area contributed by atoms with Gasteiger partial charge in [-0.3, -0.25) is 4.68 Å². The Morgan fingerprint density at radius 3 is 2.55 bits per heavy atom. The summed E-state index contributed by atoms with van der Waals surface area (Å²) in [6.07, 6.45) is 4.25. The Morgan fingerprint density at radius 2 is 2.00 bits per heavy atom. The highest BCUT2D eigenvalue weighted by molar-refractivity contribution is 7.89. The van der Waals surface area contributed by atoms with Gasteiger partial charge in [0.1, 0.15) is 4.90 Å². The summed E-state index contributed by atoms with van der Waals surface area (Å²) in [4.78, 5) is 0.296. The molecule has 1 aromatic rings. The van der Waals surface area contributed by atoms with E-state index in [-0.39, 0.29) is 12.0 Å². The van der Waals surface area contributed by atoms with Crippen molar-refractivity contribution in [2.45, 2.75) is 50.5 Å². The van der Waals surface area contributed by atoms with Gasteiger partial charge in [-0.1, -0.05) is 12.8 Å². The summed E-state index contributed by atoms with van der Waals surface area (Å²) in [5.74, 6) is 0.232. The van der Waals surface area contributed by atoms with Gasteiger partial charge >= 0.3 is 0 Å². The van der Waals surface area contributed by atoms with Crippen molar-refractivity contribution in [1.29, 1.82) is 0 Å². The molecule has 1 aliphatic carbocycles. The second-order valence-corrected chi connectivity index (χ2v) is 7.39. The molecule has 2 unspecified atom stereocenters. The predicted octanol–water partition coefficient (Wildman–Crippen LogP) is 0.833. The van der Waals surface area contributed by atoms with Crippen molar-refractivity contribution in [2.75, 3.05) is 6.54 Å². The molecular weight excluding hydrogens is 276 g/mol. The summed E-state index contributed by atoms with van der Waals surface area (Å²) < 4.78 is 29.2. The van der Waals surface area contributed by atoms with Gasteiger partial charge in [-0.25, -0.2) is 13.1 Å². The monoisotopic (exact) mass is 300 g/mol. The van der Waals surface area contributed by atoms with Gasteiger partial charge in [-0.15, -0.1) is 0 Å². The minimum atomic E-state index is -3.51. The highest BCUT2D eigenvalue weighted by Crippen LogP contribution is 2.23. The molecule has 2 atom stereocenters. The fourth-order valence-electron chi connectivity index (χ4n) is 2.92. The molecule has 0 aromatic carbocycles. The van der Waals surface area contributed by atoms with Crippen molar-refractivity contribution in [3.8, 4) is 0 Å². The van der Waals surface area contributed by atoms with Crippen molar-refractivity contribution in [1.82, 2.24) is 14.5 Å². The minimum absolute atomic E-state index is 0.0996. The van der Waals surface area contributed by atoms with Crippen LogP contribution in [0, 0.1) is 19.8 Å². The van der Waals surface area contributed by atoms with E-state index in [1.165, 1.54) is 0 Å². The first-order valence-electron chi connectivity index (χ1n) is 7.08. The molecule has 1 fully saturated rings. The second kappa shape index (κ2) is 5.83. The fourth-order valence-corrected chi connectivity index (χ4v) is 4.45. The number of aryl methyl sites for hydroxylation is 2. The lowest BCUT2D eigenvalue weighted by Gasteiger charge is -2.28. The number of nitrogens with one attached hydrogen (secondary N) is 1. The molecule has 6 nitrogen and oxygen atoms in total. The summed E-state index contributed by atoms with van der Waals surface area (Å²) in [6, 6.07) is 0.0996. The molecular formula is C13H24N4O2S. The van der Waals surface area contributed by atoms with Crippen LogP contribution in [0.1, 0.15) is 37.1 Å². The summed E-state index contributed by atoms with van der Waals surface area (Å²) in [7, 11) is -1.76. The van der Waals surface area contributed by atoms with E-state index in [2.05, 4.69) is 9.82 Å². The van der Waals surface area contributed by atoms with Crippen molar-refractivity contribution in [3.05, 3.63) is 11.4 Å². The molecule has 3 N–H and O–H groups in total. The SMILES string of the molecule is Cc1nn(C)c(C)c1S(=O)(=O)NCC1CCCCC1N. The molecule has 0 amide bonds. The number of rotatable bonds is 4. The van der Waals surface area contributed by atoms with Gasteiger partial charge in [0.2, 0.25) is 10.0 Å². The van der Waals surface area contributed by atoms with Crippen LogP contribution in [-0.2, 0) is 17.1 Å². The van der Waals surface area contributed by atoms with Gasteiger partial charge in [0.25, 0.3) is 0 Å². The van der Waals surface area contributed by atoms with Crippen LogP contribution < -0.4 is 10.5 Å². The van der Waals surface area contributed by atoms with E-state index < -0.39 is 10.0 Å². The van der Waals surface area contributed by atoms with Crippen LogP contribution in [0.2, 0.25) is 0 Å². The molecule has 0 bridgehead atoms. The van der Waals surface area contributed by atoms with E-state index in [0.717, 1.165) is 25.7 Å². The molecule has 1 aliphatic rings. The average Bonchev–Trinajstić information content (AvgIpc) is 2.62. The van der Waals surface area contributed by atoms with Crippen LogP contribution in [0.4, 0.5) is 0 Å². The van der Waals surface area contributed by atoms with Crippen LogP contribution >= 0.6 is 0 Å². The number of aromatic nitrogens is 2. The molecule has 1 aromatic heterocycles. The summed E-state index contributed by atoms with van der Waals surface area (Å²) in [5, 5.41) is 4.16. The second-order valence-electron chi connectivity index (χ2n) is 5.68. The molecule has 0 radical (unpaired) electrons. The first kappa shape index (κ1) is 15.5. The van der Waals surface area contributed by atoms with Crippen LogP contribution in [-0.4, -0.2) is 30.8 Å². The number of hydrogen-bond donors (Lipinski definition) is 2. The van der Waals surface area contributed by atoms with Crippen molar-refractivity contribution < 1.29 is 8.42 Å². The number of hydrogen-bond acceptors (Lipinski definition) is 4. The molecule has 1 heterocycles. The van der Waals surface area contributed by atoms with Gasteiger partial charge in [0, 0.05) is 19.6 Å². The maximum Gasteiger partial charge on any atom is 0.244 e. The van der Waals surface area contributed by atoms with Crippen molar-refractivity contribution >= 4 is 10.0 Å².